The smallest absolute Gasteiger partial charge is 0.340 e. The predicted molar refractivity (Wildman–Crippen MR) is 98.1 cm³/mol. The molecule has 144 valence electrons. The van der Waals surface area contributed by atoms with Gasteiger partial charge in [0.25, 0.3) is 5.91 Å². The Hall–Kier alpha value is -2.31. The third-order valence-electron chi connectivity index (χ3n) is 4.74. The lowest BCUT2D eigenvalue weighted by Crippen LogP contribution is -2.41. The highest BCUT2D eigenvalue weighted by atomic mass is 16.5. The van der Waals surface area contributed by atoms with Crippen LogP contribution in [0.15, 0.2) is 0 Å². The molecule has 0 bridgehead atoms. The Morgan fingerprint density at radius 3 is 2.38 bits per heavy atom. The molecule has 0 aromatic carbocycles. The number of rotatable bonds is 5. The minimum atomic E-state index is -0.403. The van der Waals surface area contributed by atoms with Gasteiger partial charge in [-0.1, -0.05) is 0 Å². The van der Waals surface area contributed by atoms with Crippen LogP contribution >= 0.6 is 0 Å². The first kappa shape index (κ1) is 20.0. The lowest BCUT2D eigenvalue weighted by molar-refractivity contribution is -0.119. The molecule has 0 spiro atoms. The molecule has 7 nitrogen and oxygen atoms in total. The fourth-order valence-corrected chi connectivity index (χ4v) is 3.33. The Labute approximate surface area is 154 Å². The van der Waals surface area contributed by atoms with E-state index in [1.807, 2.05) is 0 Å². The topological polar surface area (TPSA) is 91.5 Å². The van der Waals surface area contributed by atoms with Crippen LogP contribution in [0.2, 0.25) is 0 Å². The van der Waals surface area contributed by atoms with Crippen LogP contribution in [-0.4, -0.2) is 53.4 Å². The maximum absolute atomic E-state index is 12.9. The number of amides is 2. The fraction of sp³-hybridized carbons (Fsp3) is 0.632. The van der Waals surface area contributed by atoms with Gasteiger partial charge >= 0.3 is 5.97 Å². The number of nitrogens with one attached hydrogen (secondary N) is 2. The summed E-state index contributed by atoms with van der Waals surface area (Å²) in [5, 5.41) is 2.84. The summed E-state index contributed by atoms with van der Waals surface area (Å²) in [6, 6.07) is 0. The van der Waals surface area contributed by atoms with Crippen molar-refractivity contribution in [3.05, 3.63) is 22.5 Å². The van der Waals surface area contributed by atoms with Crippen molar-refractivity contribution in [3.63, 3.8) is 0 Å². The fourth-order valence-electron chi connectivity index (χ4n) is 3.33. The number of aromatic nitrogens is 1. The number of piperidine rings is 1. The molecule has 1 aliphatic heterocycles. The van der Waals surface area contributed by atoms with Gasteiger partial charge in [-0.05, 0) is 52.0 Å². The summed E-state index contributed by atoms with van der Waals surface area (Å²) in [6.07, 6.45) is 1.50. The van der Waals surface area contributed by atoms with E-state index in [9.17, 15) is 14.4 Å². The van der Waals surface area contributed by atoms with Crippen LogP contribution in [0.1, 0.15) is 65.7 Å². The zero-order chi connectivity index (χ0) is 19.4. The molecule has 1 aliphatic rings. The standard InChI is InChI=1S/C19H29N3O4/c1-11(2)26-19(25)16-12(3)17(21-13(16)4)18(24)22-8-6-15(7-9-22)10-20-14(5)23/h11,15,21H,6-10H2,1-5H3,(H,20,23). The lowest BCUT2D eigenvalue weighted by atomic mass is 9.96. The van der Waals surface area contributed by atoms with E-state index >= 15 is 0 Å². The number of hydrogen-bond acceptors (Lipinski definition) is 4. The van der Waals surface area contributed by atoms with Gasteiger partial charge in [0, 0.05) is 32.3 Å². The van der Waals surface area contributed by atoms with Crippen LogP contribution in [0.5, 0.6) is 0 Å². The van der Waals surface area contributed by atoms with Crippen molar-refractivity contribution >= 4 is 17.8 Å². The van der Waals surface area contributed by atoms with Crippen molar-refractivity contribution in [3.8, 4) is 0 Å². The summed E-state index contributed by atoms with van der Waals surface area (Å²) in [4.78, 5) is 41.0. The molecule has 26 heavy (non-hydrogen) atoms. The van der Waals surface area contributed by atoms with Gasteiger partial charge in [-0.3, -0.25) is 9.59 Å². The monoisotopic (exact) mass is 363 g/mol. The number of hydrogen-bond donors (Lipinski definition) is 2. The number of esters is 1. The average molecular weight is 363 g/mol. The summed E-state index contributed by atoms with van der Waals surface area (Å²) in [5.41, 5.74) is 2.19. The number of H-pyrrole nitrogens is 1. The molecule has 0 radical (unpaired) electrons. The van der Waals surface area contributed by atoms with Gasteiger partial charge in [0.2, 0.25) is 5.91 Å². The van der Waals surface area contributed by atoms with Crippen LogP contribution in [0, 0.1) is 19.8 Å². The third kappa shape index (κ3) is 4.65. The number of carbonyl (C=O) groups is 3. The van der Waals surface area contributed by atoms with E-state index in [2.05, 4.69) is 10.3 Å². The first-order valence-corrected chi connectivity index (χ1v) is 9.14. The first-order chi connectivity index (χ1) is 12.2. The molecular formula is C19H29N3O4. The minimum Gasteiger partial charge on any atom is -0.459 e. The van der Waals surface area contributed by atoms with E-state index in [1.54, 1.807) is 32.6 Å². The summed E-state index contributed by atoms with van der Waals surface area (Å²) in [7, 11) is 0. The van der Waals surface area contributed by atoms with Crippen LogP contribution in [-0.2, 0) is 9.53 Å². The van der Waals surface area contributed by atoms with E-state index in [4.69, 9.17) is 4.74 Å². The van der Waals surface area contributed by atoms with Gasteiger partial charge in [-0.25, -0.2) is 4.79 Å². The molecule has 7 heteroatoms. The Morgan fingerprint density at radius 2 is 1.85 bits per heavy atom. The molecule has 1 aromatic heterocycles. The Kier molecular flexibility index (Phi) is 6.45. The van der Waals surface area contributed by atoms with E-state index in [0.29, 0.717) is 48.1 Å². The molecular weight excluding hydrogens is 334 g/mol. The maximum Gasteiger partial charge on any atom is 0.340 e. The second-order valence-corrected chi connectivity index (χ2v) is 7.25. The summed E-state index contributed by atoms with van der Waals surface area (Å²) < 4.78 is 5.28. The van der Waals surface area contributed by atoms with Gasteiger partial charge in [0.1, 0.15) is 5.69 Å². The van der Waals surface area contributed by atoms with Crippen molar-refractivity contribution in [1.29, 1.82) is 0 Å². The number of likely N-dealkylation sites (tertiary alicyclic amines) is 1. The van der Waals surface area contributed by atoms with Crippen LogP contribution in [0.25, 0.3) is 0 Å². The van der Waals surface area contributed by atoms with Crippen molar-refractivity contribution in [2.75, 3.05) is 19.6 Å². The summed E-state index contributed by atoms with van der Waals surface area (Å²) in [5.74, 6) is -0.126. The Balaban J connectivity index is 2.05. The average Bonchev–Trinajstić information content (AvgIpc) is 2.86. The highest BCUT2D eigenvalue weighted by molar-refractivity contribution is 6.00. The SMILES string of the molecule is CC(=O)NCC1CCN(C(=O)c2[nH]c(C)c(C(=O)OC(C)C)c2C)CC1. The normalized spacial score (nSPS) is 15.2. The third-order valence-corrected chi connectivity index (χ3v) is 4.74. The van der Waals surface area contributed by atoms with Gasteiger partial charge < -0.3 is 19.9 Å². The lowest BCUT2D eigenvalue weighted by Gasteiger charge is -2.32. The van der Waals surface area contributed by atoms with Crippen molar-refractivity contribution in [2.24, 2.45) is 5.92 Å². The van der Waals surface area contributed by atoms with Crippen LogP contribution in [0.4, 0.5) is 0 Å². The van der Waals surface area contributed by atoms with Gasteiger partial charge in [-0.15, -0.1) is 0 Å². The van der Waals surface area contributed by atoms with Crippen LogP contribution in [0.3, 0.4) is 0 Å². The minimum absolute atomic E-state index is 0.0261. The van der Waals surface area contributed by atoms with Gasteiger partial charge in [0.05, 0.1) is 11.7 Å². The van der Waals surface area contributed by atoms with E-state index < -0.39 is 5.97 Å². The summed E-state index contributed by atoms with van der Waals surface area (Å²) >= 11 is 0. The number of aromatic amines is 1. The molecule has 2 rings (SSSR count). The van der Waals surface area contributed by atoms with Gasteiger partial charge in [0.15, 0.2) is 0 Å². The van der Waals surface area contributed by atoms with Crippen molar-refractivity contribution in [1.82, 2.24) is 15.2 Å². The second-order valence-electron chi connectivity index (χ2n) is 7.25. The molecule has 2 amide bonds. The number of aryl methyl sites for hydroxylation is 1. The first-order valence-electron chi connectivity index (χ1n) is 9.14. The molecule has 2 heterocycles. The molecule has 1 saturated heterocycles. The van der Waals surface area contributed by atoms with E-state index in [1.165, 1.54) is 6.92 Å². The molecule has 0 saturated carbocycles. The Morgan fingerprint density at radius 1 is 1.23 bits per heavy atom. The molecule has 0 aliphatic carbocycles. The largest absolute Gasteiger partial charge is 0.459 e. The molecule has 0 atom stereocenters. The molecule has 0 unspecified atom stereocenters. The number of ether oxygens (including phenoxy) is 1. The quantitative estimate of drug-likeness (QED) is 0.785. The molecule has 2 N–H and O–H groups in total. The highest BCUT2D eigenvalue weighted by Crippen LogP contribution is 2.23. The Bertz CT molecular complexity index is 685. The summed E-state index contributed by atoms with van der Waals surface area (Å²) in [6.45, 7) is 10.6. The number of nitrogens with zero attached hydrogens (tertiary/aromatic N) is 1. The van der Waals surface area contributed by atoms with Crippen LogP contribution < -0.4 is 5.32 Å². The highest BCUT2D eigenvalue weighted by Gasteiger charge is 2.29. The van der Waals surface area contributed by atoms with Crippen molar-refractivity contribution < 1.29 is 19.1 Å². The molecule has 1 fully saturated rings. The predicted octanol–water partition coefficient (Wildman–Crippen LogP) is 2.19. The van der Waals surface area contributed by atoms with Gasteiger partial charge in [-0.2, -0.15) is 0 Å². The zero-order valence-corrected chi connectivity index (χ0v) is 16.3. The molecule has 1 aromatic rings. The van der Waals surface area contributed by atoms with Crippen molar-refractivity contribution in [2.45, 2.75) is 53.6 Å². The maximum atomic E-state index is 12.9. The second kappa shape index (κ2) is 8.38. The number of carbonyl (C=O) groups excluding carboxylic acids is 3. The van der Waals surface area contributed by atoms with E-state index in [0.717, 1.165) is 12.8 Å². The van der Waals surface area contributed by atoms with E-state index in [-0.39, 0.29) is 17.9 Å². The zero-order valence-electron chi connectivity index (χ0n) is 16.3.